The Balaban J connectivity index is 2.60. The summed E-state index contributed by atoms with van der Waals surface area (Å²) in [4.78, 5) is 13.7. The van der Waals surface area contributed by atoms with Crippen molar-refractivity contribution in [3.63, 3.8) is 0 Å². The fourth-order valence-corrected chi connectivity index (χ4v) is 1.87. The van der Waals surface area contributed by atoms with Crippen LogP contribution in [-0.2, 0) is 14.3 Å². The Labute approximate surface area is 96.9 Å². The van der Waals surface area contributed by atoms with Crippen molar-refractivity contribution >= 4 is 5.91 Å². The number of rotatable bonds is 4. The lowest BCUT2D eigenvalue weighted by atomic mass is 10.0. The highest BCUT2D eigenvalue weighted by Crippen LogP contribution is 2.17. The molecule has 0 bridgehead atoms. The van der Waals surface area contributed by atoms with E-state index in [0.717, 1.165) is 0 Å². The van der Waals surface area contributed by atoms with Gasteiger partial charge in [-0.2, -0.15) is 0 Å². The van der Waals surface area contributed by atoms with E-state index >= 15 is 0 Å². The molecule has 2 N–H and O–H groups in total. The molecule has 3 atom stereocenters. The highest BCUT2D eigenvalue weighted by Gasteiger charge is 2.37. The summed E-state index contributed by atoms with van der Waals surface area (Å²) in [5.74, 6) is 0.131. The van der Waals surface area contributed by atoms with Crippen molar-refractivity contribution in [2.24, 2.45) is 11.7 Å². The number of nitrogens with zero attached hydrogens (tertiary/aromatic N) is 1. The van der Waals surface area contributed by atoms with E-state index < -0.39 is 6.04 Å². The van der Waals surface area contributed by atoms with Crippen LogP contribution in [0.25, 0.3) is 0 Å². The van der Waals surface area contributed by atoms with E-state index in [1.807, 2.05) is 13.8 Å². The van der Waals surface area contributed by atoms with Crippen LogP contribution in [0, 0.1) is 5.92 Å². The van der Waals surface area contributed by atoms with Gasteiger partial charge in [0.25, 0.3) is 0 Å². The number of amides is 1. The molecule has 5 nitrogen and oxygen atoms in total. The zero-order chi connectivity index (χ0) is 12.3. The van der Waals surface area contributed by atoms with Gasteiger partial charge in [0.1, 0.15) is 12.2 Å². The number of carbonyl (C=O) groups excluding carboxylic acids is 1. The van der Waals surface area contributed by atoms with Gasteiger partial charge in [-0.1, -0.05) is 13.8 Å². The minimum Gasteiger partial charge on any atom is -0.377 e. The maximum atomic E-state index is 12.0. The Kier molecular flexibility index (Phi) is 4.70. The lowest BCUT2D eigenvalue weighted by Crippen LogP contribution is -2.46. The molecule has 1 aliphatic heterocycles. The lowest BCUT2D eigenvalue weighted by Gasteiger charge is -2.22. The molecule has 94 valence electrons. The Morgan fingerprint density at radius 2 is 1.69 bits per heavy atom. The van der Waals surface area contributed by atoms with Gasteiger partial charge in [0.05, 0.1) is 6.04 Å². The summed E-state index contributed by atoms with van der Waals surface area (Å²) in [6.45, 7) is 5.02. The molecular formula is C11H22N2O3. The van der Waals surface area contributed by atoms with Crippen LogP contribution >= 0.6 is 0 Å². The second kappa shape index (κ2) is 5.61. The highest BCUT2D eigenvalue weighted by atomic mass is 16.5. The first kappa shape index (κ1) is 13.4. The van der Waals surface area contributed by atoms with Crippen molar-refractivity contribution in [3.05, 3.63) is 0 Å². The van der Waals surface area contributed by atoms with Gasteiger partial charge in [-0.25, -0.2) is 0 Å². The lowest BCUT2D eigenvalue weighted by molar-refractivity contribution is -0.133. The van der Waals surface area contributed by atoms with Crippen molar-refractivity contribution in [2.75, 3.05) is 27.3 Å². The summed E-state index contributed by atoms with van der Waals surface area (Å²) < 4.78 is 10.6. The second-order valence-electron chi connectivity index (χ2n) is 4.56. The summed E-state index contributed by atoms with van der Waals surface area (Å²) in [5.41, 5.74) is 5.84. The molecule has 5 heteroatoms. The van der Waals surface area contributed by atoms with Crippen molar-refractivity contribution < 1.29 is 14.3 Å². The molecule has 0 aromatic rings. The first-order chi connectivity index (χ1) is 7.51. The molecular weight excluding hydrogens is 208 g/mol. The van der Waals surface area contributed by atoms with Gasteiger partial charge in [-0.05, 0) is 5.92 Å². The number of nitrogens with two attached hydrogens (primary N) is 1. The van der Waals surface area contributed by atoms with Crippen molar-refractivity contribution in [2.45, 2.75) is 32.1 Å². The Morgan fingerprint density at radius 1 is 1.25 bits per heavy atom. The Bertz CT molecular complexity index is 233. The molecule has 1 saturated heterocycles. The molecule has 0 saturated carbocycles. The van der Waals surface area contributed by atoms with Crippen LogP contribution in [0.3, 0.4) is 0 Å². The number of methoxy groups -OCH3 is 2. The summed E-state index contributed by atoms with van der Waals surface area (Å²) in [6, 6.07) is -0.437. The van der Waals surface area contributed by atoms with E-state index in [9.17, 15) is 4.79 Å². The topological polar surface area (TPSA) is 64.8 Å². The van der Waals surface area contributed by atoms with Gasteiger partial charge in [0.2, 0.25) is 5.91 Å². The Hall–Kier alpha value is -0.650. The highest BCUT2D eigenvalue weighted by molar-refractivity contribution is 5.82. The van der Waals surface area contributed by atoms with Crippen LogP contribution in [-0.4, -0.2) is 56.4 Å². The molecule has 0 aliphatic carbocycles. The number of hydrogen-bond donors (Lipinski definition) is 1. The third-order valence-electron chi connectivity index (χ3n) is 3.14. The summed E-state index contributed by atoms with van der Waals surface area (Å²) in [6.07, 6.45) is -0.0957. The number of carbonyl (C=O) groups is 1. The van der Waals surface area contributed by atoms with Gasteiger partial charge in [-0.15, -0.1) is 0 Å². The Morgan fingerprint density at radius 3 is 2.00 bits per heavy atom. The molecule has 1 heterocycles. The molecule has 1 amide bonds. The van der Waals surface area contributed by atoms with E-state index in [1.165, 1.54) is 0 Å². The monoisotopic (exact) mass is 230 g/mol. The van der Waals surface area contributed by atoms with E-state index in [4.69, 9.17) is 15.2 Å². The van der Waals surface area contributed by atoms with E-state index in [1.54, 1.807) is 19.1 Å². The van der Waals surface area contributed by atoms with Crippen molar-refractivity contribution in [1.29, 1.82) is 0 Å². The van der Waals surface area contributed by atoms with Crippen molar-refractivity contribution in [3.8, 4) is 0 Å². The van der Waals surface area contributed by atoms with Gasteiger partial charge < -0.3 is 20.1 Å². The minimum absolute atomic E-state index is 0.0170. The van der Waals surface area contributed by atoms with Gasteiger partial charge >= 0.3 is 0 Å². The van der Waals surface area contributed by atoms with E-state index in [0.29, 0.717) is 13.1 Å². The maximum absolute atomic E-state index is 12.0. The summed E-state index contributed by atoms with van der Waals surface area (Å²) >= 11 is 0. The number of likely N-dealkylation sites (tertiary alicyclic amines) is 1. The molecule has 0 radical (unpaired) electrons. The quantitative estimate of drug-likeness (QED) is 0.729. The number of hydrogen-bond acceptors (Lipinski definition) is 4. The molecule has 1 aliphatic rings. The zero-order valence-corrected chi connectivity index (χ0v) is 10.5. The third kappa shape index (κ3) is 2.72. The van der Waals surface area contributed by atoms with Crippen molar-refractivity contribution in [1.82, 2.24) is 4.90 Å². The summed E-state index contributed by atoms with van der Waals surface area (Å²) in [5, 5.41) is 0. The van der Waals surface area contributed by atoms with Crippen LogP contribution in [0.1, 0.15) is 13.8 Å². The molecule has 1 rings (SSSR count). The van der Waals surface area contributed by atoms with Gasteiger partial charge in [-0.3, -0.25) is 4.79 Å². The van der Waals surface area contributed by atoms with Gasteiger partial charge in [0.15, 0.2) is 0 Å². The fraction of sp³-hybridized carbons (Fsp3) is 0.909. The SMILES string of the molecule is COC1CN(C(=O)[C@H](N)C(C)C)CC1OC. The van der Waals surface area contributed by atoms with Gasteiger partial charge in [0, 0.05) is 27.3 Å². The van der Waals surface area contributed by atoms with E-state index in [2.05, 4.69) is 0 Å². The minimum atomic E-state index is -0.437. The van der Waals surface area contributed by atoms with Crippen LogP contribution in [0.5, 0.6) is 0 Å². The summed E-state index contributed by atoms with van der Waals surface area (Å²) in [7, 11) is 3.26. The molecule has 1 fully saturated rings. The first-order valence-electron chi connectivity index (χ1n) is 5.61. The molecule has 0 spiro atoms. The molecule has 16 heavy (non-hydrogen) atoms. The maximum Gasteiger partial charge on any atom is 0.239 e. The standard InChI is InChI=1S/C11H22N2O3/c1-7(2)10(12)11(14)13-5-8(15-3)9(6-13)16-4/h7-10H,5-6,12H2,1-4H3/t8?,9?,10-/m1/s1. The normalized spacial score (nSPS) is 27.5. The molecule has 0 aromatic heterocycles. The van der Waals surface area contributed by atoms with Crippen LogP contribution in [0.4, 0.5) is 0 Å². The largest absolute Gasteiger partial charge is 0.377 e. The van der Waals surface area contributed by atoms with Crippen LogP contribution in [0.2, 0.25) is 0 Å². The fourth-order valence-electron chi connectivity index (χ4n) is 1.87. The smallest absolute Gasteiger partial charge is 0.239 e. The number of ether oxygens (including phenoxy) is 2. The average Bonchev–Trinajstić information content (AvgIpc) is 2.69. The predicted octanol–water partition coefficient (Wildman–Crippen LogP) is -0.158. The average molecular weight is 230 g/mol. The molecule has 2 unspecified atom stereocenters. The third-order valence-corrected chi connectivity index (χ3v) is 3.14. The first-order valence-corrected chi connectivity index (χ1v) is 5.61. The predicted molar refractivity (Wildman–Crippen MR) is 61.0 cm³/mol. The molecule has 0 aromatic carbocycles. The second-order valence-corrected chi connectivity index (χ2v) is 4.56. The van der Waals surface area contributed by atoms with Crippen LogP contribution < -0.4 is 5.73 Å². The van der Waals surface area contributed by atoms with Crippen LogP contribution in [0.15, 0.2) is 0 Å². The zero-order valence-electron chi connectivity index (χ0n) is 10.5. The van der Waals surface area contributed by atoms with E-state index in [-0.39, 0.29) is 24.0 Å².